The molecule has 3 rings (SSSR count). The molecule has 3 aromatic rings. The molecule has 9 nitrogen and oxygen atoms in total. The fourth-order valence-corrected chi connectivity index (χ4v) is 4.03. The smallest absolute Gasteiger partial charge is 0.399 e. The maximum atomic E-state index is 14.5. The highest BCUT2D eigenvalue weighted by Gasteiger charge is 2.33. The number of hydrogen-bond acceptors (Lipinski definition) is 6. The number of benzene rings is 2. The summed E-state index contributed by atoms with van der Waals surface area (Å²) in [5.74, 6) is -3.48. The van der Waals surface area contributed by atoms with Crippen LogP contribution in [0.5, 0.6) is 0 Å². The average molecular weight is 513 g/mol. The van der Waals surface area contributed by atoms with Gasteiger partial charge in [-0.15, -0.1) is 0 Å². The van der Waals surface area contributed by atoms with E-state index in [0.29, 0.717) is 10.7 Å². The molecule has 0 fully saturated rings. The number of anilines is 2. The Hall–Kier alpha value is -3.94. The molecule has 0 aliphatic rings. The molecule has 0 spiro atoms. The number of sulfonamides is 1. The van der Waals surface area contributed by atoms with Crippen molar-refractivity contribution in [2.75, 3.05) is 16.7 Å². The molecular weight excluding hydrogens is 494 g/mol. The first-order valence-electron chi connectivity index (χ1n) is 9.77. The van der Waals surface area contributed by atoms with Crippen molar-refractivity contribution in [1.82, 2.24) is 9.78 Å². The monoisotopic (exact) mass is 513 g/mol. The molecule has 0 aliphatic carbocycles. The Labute approximate surface area is 196 Å². The van der Waals surface area contributed by atoms with Crippen LogP contribution in [0.15, 0.2) is 47.3 Å². The summed E-state index contributed by atoms with van der Waals surface area (Å²) in [5, 5.41) is 3.76. The van der Waals surface area contributed by atoms with E-state index in [2.05, 4.69) is 5.10 Å². The van der Waals surface area contributed by atoms with Crippen molar-refractivity contribution in [3.8, 4) is 5.69 Å². The van der Waals surface area contributed by atoms with E-state index in [4.69, 9.17) is 11.5 Å². The Morgan fingerprint density at radius 1 is 1.17 bits per heavy atom. The molecule has 1 heterocycles. The number of nitrogens with two attached hydrogens (primary N) is 2. The number of carbonyl (C=O) groups excluding carboxylic acids is 1. The number of alkyl halides is 3. The molecule has 0 bridgehead atoms. The molecule has 0 saturated carbocycles. The minimum atomic E-state index is -4.78. The van der Waals surface area contributed by atoms with Crippen LogP contribution < -0.4 is 21.7 Å². The van der Waals surface area contributed by atoms with Crippen LogP contribution in [0.25, 0.3) is 5.69 Å². The van der Waals surface area contributed by atoms with Crippen molar-refractivity contribution in [3.63, 3.8) is 0 Å². The van der Waals surface area contributed by atoms with Gasteiger partial charge in [0, 0.05) is 11.6 Å². The minimum absolute atomic E-state index is 0.132. The van der Waals surface area contributed by atoms with Crippen molar-refractivity contribution >= 4 is 27.3 Å². The molecule has 5 N–H and O–H groups in total. The normalized spacial score (nSPS) is 12.9. The number of amides is 1. The van der Waals surface area contributed by atoms with Crippen LogP contribution in [0.3, 0.4) is 0 Å². The van der Waals surface area contributed by atoms with Gasteiger partial charge in [-0.25, -0.2) is 12.8 Å². The quantitative estimate of drug-likeness (QED) is 0.341. The van der Waals surface area contributed by atoms with Crippen molar-refractivity contribution in [2.24, 2.45) is 5.73 Å². The van der Waals surface area contributed by atoms with Crippen LogP contribution in [-0.2, 0) is 16.2 Å². The lowest BCUT2D eigenvalue weighted by atomic mass is 9.90. The van der Waals surface area contributed by atoms with Gasteiger partial charge < -0.3 is 11.5 Å². The Kier molecular flexibility index (Phi) is 6.62. The molecule has 186 valence electrons. The van der Waals surface area contributed by atoms with E-state index >= 15 is 0 Å². The highest BCUT2D eigenvalue weighted by molar-refractivity contribution is 7.92. The van der Waals surface area contributed by atoms with Crippen molar-refractivity contribution in [3.05, 3.63) is 81.0 Å². The molecule has 1 amide bonds. The van der Waals surface area contributed by atoms with Crippen LogP contribution in [0.4, 0.5) is 28.9 Å². The third-order valence-corrected chi connectivity index (χ3v) is 5.54. The summed E-state index contributed by atoms with van der Waals surface area (Å²) in [6.07, 6.45) is -4.06. The van der Waals surface area contributed by atoms with Gasteiger partial charge in [0.2, 0.25) is 10.0 Å². The number of aromatic nitrogens is 2. The lowest BCUT2D eigenvalue weighted by Crippen LogP contribution is -2.33. The highest BCUT2D eigenvalue weighted by atomic mass is 32.2. The van der Waals surface area contributed by atoms with E-state index in [-0.39, 0.29) is 11.3 Å². The van der Waals surface area contributed by atoms with Gasteiger partial charge in [-0.05, 0) is 35.9 Å². The van der Waals surface area contributed by atoms with Gasteiger partial charge in [0.1, 0.15) is 11.5 Å². The van der Waals surface area contributed by atoms with Crippen LogP contribution in [-0.4, -0.2) is 30.4 Å². The summed E-state index contributed by atoms with van der Waals surface area (Å²) in [6.45, 7) is 1.29. The van der Waals surface area contributed by atoms with Gasteiger partial charge in [0.05, 0.1) is 23.1 Å². The van der Waals surface area contributed by atoms with Crippen LogP contribution in [0.2, 0.25) is 0 Å². The van der Waals surface area contributed by atoms with E-state index in [1.165, 1.54) is 19.1 Å². The van der Waals surface area contributed by atoms with Gasteiger partial charge in [-0.2, -0.15) is 23.0 Å². The predicted molar refractivity (Wildman–Crippen MR) is 120 cm³/mol. The van der Waals surface area contributed by atoms with Crippen molar-refractivity contribution in [1.29, 1.82) is 0 Å². The number of hydrogen-bond donors (Lipinski definition) is 3. The molecule has 0 saturated heterocycles. The topological polar surface area (TPSA) is 150 Å². The first-order chi connectivity index (χ1) is 16.1. The predicted octanol–water partition coefficient (Wildman–Crippen LogP) is 2.59. The molecule has 35 heavy (non-hydrogen) atoms. The molecule has 2 aromatic carbocycles. The van der Waals surface area contributed by atoms with Gasteiger partial charge in [-0.3, -0.25) is 14.3 Å². The summed E-state index contributed by atoms with van der Waals surface area (Å²) in [6, 6.07) is 7.43. The highest BCUT2D eigenvalue weighted by Crippen LogP contribution is 2.36. The maximum Gasteiger partial charge on any atom is 0.416 e. The molecule has 14 heteroatoms. The number of nitrogens with zero attached hydrogens (tertiary/aromatic N) is 2. The zero-order valence-corrected chi connectivity index (χ0v) is 19.0. The van der Waals surface area contributed by atoms with Gasteiger partial charge in [0.15, 0.2) is 5.69 Å². The lowest BCUT2D eigenvalue weighted by molar-refractivity contribution is -0.137. The van der Waals surface area contributed by atoms with E-state index in [1.807, 2.05) is 4.72 Å². The molecule has 1 aromatic heterocycles. The van der Waals surface area contributed by atoms with E-state index < -0.39 is 67.6 Å². The number of nitrogens with one attached hydrogen (secondary N) is 1. The minimum Gasteiger partial charge on any atom is -0.399 e. The Morgan fingerprint density at radius 2 is 1.80 bits per heavy atom. The maximum absolute atomic E-state index is 14.5. The second-order valence-corrected chi connectivity index (χ2v) is 9.40. The van der Waals surface area contributed by atoms with Crippen molar-refractivity contribution in [2.45, 2.75) is 19.0 Å². The standard InChI is InChI=1S/C21H19F4N5O4S/c1-10(11-7-12(21(23,24)25)9-13(26)8-11)16-17(29-35(2,33)34)18(19(27)31)28-30(20(16)32)15-6-4-3-5-14(15)22/h3-10,29H,26H2,1-2H3,(H2,27,31)/t10-/m1/s1. The largest absolute Gasteiger partial charge is 0.416 e. The van der Waals surface area contributed by atoms with Crippen LogP contribution in [0, 0.1) is 5.82 Å². The molecule has 0 radical (unpaired) electrons. The zero-order chi connectivity index (χ0) is 26.3. The average Bonchev–Trinajstić information content (AvgIpc) is 2.72. The third kappa shape index (κ3) is 5.42. The second-order valence-electron chi connectivity index (χ2n) is 7.65. The Bertz CT molecular complexity index is 1490. The number of rotatable bonds is 6. The van der Waals surface area contributed by atoms with Gasteiger partial charge >= 0.3 is 6.18 Å². The first-order valence-corrected chi connectivity index (χ1v) is 11.7. The Morgan fingerprint density at radius 3 is 2.34 bits per heavy atom. The number of para-hydroxylation sites is 1. The zero-order valence-electron chi connectivity index (χ0n) is 18.2. The van der Waals surface area contributed by atoms with Crippen LogP contribution in [0.1, 0.15) is 40.0 Å². The number of nitrogen functional groups attached to an aromatic ring is 1. The molecule has 1 atom stereocenters. The number of primary amides is 1. The van der Waals surface area contributed by atoms with Gasteiger partial charge in [-0.1, -0.05) is 19.1 Å². The van der Waals surface area contributed by atoms with E-state index in [1.54, 1.807) is 0 Å². The summed E-state index contributed by atoms with van der Waals surface area (Å²) in [7, 11) is -4.14. The van der Waals surface area contributed by atoms with E-state index in [0.717, 1.165) is 30.5 Å². The second kappa shape index (κ2) is 9.02. The summed E-state index contributed by atoms with van der Waals surface area (Å²) >= 11 is 0. The number of carbonyl (C=O) groups is 1. The summed E-state index contributed by atoms with van der Waals surface area (Å²) < 4.78 is 81.1. The number of halogens is 4. The Balaban J connectivity index is 2.44. The fourth-order valence-electron chi connectivity index (χ4n) is 3.45. The first kappa shape index (κ1) is 25.7. The SMILES string of the molecule is C[C@H](c1cc(N)cc(C(F)(F)F)c1)c1c(NS(C)(=O)=O)c(C(N)=O)nn(-c2ccccc2F)c1=O. The fraction of sp³-hybridized carbons (Fsp3) is 0.190. The van der Waals surface area contributed by atoms with E-state index in [9.17, 15) is 35.6 Å². The van der Waals surface area contributed by atoms with Crippen molar-refractivity contribution < 1.29 is 30.8 Å². The summed E-state index contributed by atoms with van der Waals surface area (Å²) in [4.78, 5) is 25.7. The van der Waals surface area contributed by atoms with Gasteiger partial charge in [0.25, 0.3) is 11.5 Å². The van der Waals surface area contributed by atoms with Crippen LogP contribution >= 0.6 is 0 Å². The lowest BCUT2D eigenvalue weighted by Gasteiger charge is -2.21. The summed E-state index contributed by atoms with van der Waals surface area (Å²) in [5.41, 5.74) is 6.09. The molecular formula is C21H19F4N5O4S. The molecule has 0 unspecified atom stereocenters. The molecule has 0 aliphatic heterocycles. The third-order valence-electron chi connectivity index (χ3n) is 4.97.